The lowest BCUT2D eigenvalue weighted by atomic mass is 10.1. The standard InChI is InChI=1S/C14H21FN2O/c1-11(18)9-12-3-4-14(13(15)10-12)17-7-5-16(2)6-8-17/h3-4,10-11,18H,5-9H2,1-2H3. The number of aliphatic hydroxyl groups is 1. The summed E-state index contributed by atoms with van der Waals surface area (Å²) in [7, 11) is 2.08. The van der Waals surface area contributed by atoms with Gasteiger partial charge in [0.1, 0.15) is 5.82 Å². The van der Waals surface area contributed by atoms with E-state index in [1.54, 1.807) is 13.0 Å². The molecule has 1 saturated heterocycles. The molecular formula is C14H21FN2O. The van der Waals surface area contributed by atoms with Crippen LogP contribution < -0.4 is 4.90 Å². The lowest BCUT2D eigenvalue weighted by Crippen LogP contribution is -2.44. The minimum Gasteiger partial charge on any atom is -0.393 e. The Balaban J connectivity index is 2.09. The summed E-state index contributed by atoms with van der Waals surface area (Å²) in [5, 5.41) is 9.31. The number of piperazine rings is 1. The molecule has 1 atom stereocenters. The molecule has 18 heavy (non-hydrogen) atoms. The number of benzene rings is 1. The average Bonchev–Trinajstić information content (AvgIpc) is 2.30. The second-order valence-corrected chi connectivity index (χ2v) is 5.13. The Morgan fingerprint density at radius 2 is 1.94 bits per heavy atom. The first-order valence-electron chi connectivity index (χ1n) is 6.46. The number of halogens is 1. The van der Waals surface area contributed by atoms with Crippen LogP contribution in [0.3, 0.4) is 0 Å². The van der Waals surface area contributed by atoms with E-state index in [-0.39, 0.29) is 5.82 Å². The number of anilines is 1. The Labute approximate surface area is 108 Å². The molecule has 0 radical (unpaired) electrons. The van der Waals surface area contributed by atoms with Crippen molar-refractivity contribution >= 4 is 5.69 Å². The van der Waals surface area contributed by atoms with Crippen molar-refractivity contribution in [1.29, 1.82) is 0 Å². The highest BCUT2D eigenvalue weighted by atomic mass is 19.1. The Kier molecular flexibility index (Phi) is 4.19. The van der Waals surface area contributed by atoms with Gasteiger partial charge in [-0.3, -0.25) is 0 Å². The molecule has 1 aliphatic heterocycles. The molecule has 0 amide bonds. The highest BCUT2D eigenvalue weighted by molar-refractivity contribution is 5.49. The first kappa shape index (κ1) is 13.3. The fourth-order valence-electron chi connectivity index (χ4n) is 2.32. The largest absolute Gasteiger partial charge is 0.393 e. The summed E-state index contributed by atoms with van der Waals surface area (Å²) >= 11 is 0. The Bertz CT molecular complexity index is 401. The van der Waals surface area contributed by atoms with E-state index in [0.29, 0.717) is 12.1 Å². The molecule has 4 heteroatoms. The molecule has 1 fully saturated rings. The monoisotopic (exact) mass is 252 g/mol. The number of likely N-dealkylation sites (N-methyl/N-ethyl adjacent to an activating group) is 1. The average molecular weight is 252 g/mol. The molecule has 1 aromatic rings. The van der Waals surface area contributed by atoms with Crippen LogP contribution in [-0.2, 0) is 6.42 Å². The van der Waals surface area contributed by atoms with Crippen molar-refractivity contribution in [3.63, 3.8) is 0 Å². The highest BCUT2D eigenvalue weighted by Crippen LogP contribution is 2.22. The van der Waals surface area contributed by atoms with Crippen LogP contribution in [-0.4, -0.2) is 49.3 Å². The van der Waals surface area contributed by atoms with E-state index in [1.807, 2.05) is 12.1 Å². The second-order valence-electron chi connectivity index (χ2n) is 5.13. The molecule has 1 unspecified atom stereocenters. The maximum absolute atomic E-state index is 14.0. The van der Waals surface area contributed by atoms with E-state index in [9.17, 15) is 9.50 Å². The zero-order valence-corrected chi connectivity index (χ0v) is 11.1. The van der Waals surface area contributed by atoms with Crippen LogP contribution in [0, 0.1) is 5.82 Å². The second kappa shape index (κ2) is 5.67. The number of nitrogens with zero attached hydrogens (tertiary/aromatic N) is 2. The van der Waals surface area contributed by atoms with Gasteiger partial charge in [-0.1, -0.05) is 6.07 Å². The van der Waals surface area contributed by atoms with E-state index in [1.165, 1.54) is 0 Å². The van der Waals surface area contributed by atoms with E-state index >= 15 is 0 Å². The van der Waals surface area contributed by atoms with Crippen LogP contribution in [0.5, 0.6) is 0 Å². The van der Waals surface area contributed by atoms with Crippen molar-refractivity contribution < 1.29 is 9.50 Å². The normalized spacial score (nSPS) is 19.0. The van der Waals surface area contributed by atoms with Gasteiger partial charge in [-0.25, -0.2) is 4.39 Å². The zero-order valence-electron chi connectivity index (χ0n) is 11.1. The van der Waals surface area contributed by atoms with E-state index < -0.39 is 6.10 Å². The third-order valence-electron chi connectivity index (χ3n) is 3.39. The number of aliphatic hydroxyl groups excluding tert-OH is 1. The lowest BCUT2D eigenvalue weighted by Gasteiger charge is -2.34. The molecule has 0 saturated carbocycles. The van der Waals surface area contributed by atoms with Crippen LogP contribution in [0.2, 0.25) is 0 Å². The molecular weight excluding hydrogens is 231 g/mol. The molecule has 2 rings (SSSR count). The molecule has 1 aliphatic rings. The molecule has 1 N–H and O–H groups in total. The zero-order chi connectivity index (χ0) is 13.1. The van der Waals surface area contributed by atoms with Crippen molar-refractivity contribution in [1.82, 2.24) is 4.90 Å². The van der Waals surface area contributed by atoms with Gasteiger partial charge in [0.25, 0.3) is 0 Å². The minimum atomic E-state index is -0.432. The molecule has 1 aromatic carbocycles. The Hall–Kier alpha value is -1.13. The topological polar surface area (TPSA) is 26.7 Å². The molecule has 0 aromatic heterocycles. The van der Waals surface area contributed by atoms with Crippen LogP contribution in [0.15, 0.2) is 18.2 Å². The van der Waals surface area contributed by atoms with Gasteiger partial charge in [0.2, 0.25) is 0 Å². The predicted molar refractivity (Wildman–Crippen MR) is 71.5 cm³/mol. The summed E-state index contributed by atoms with van der Waals surface area (Å²) < 4.78 is 14.0. The molecule has 1 heterocycles. The summed E-state index contributed by atoms with van der Waals surface area (Å²) in [6.45, 7) is 5.38. The quantitative estimate of drug-likeness (QED) is 0.883. The van der Waals surface area contributed by atoms with Gasteiger partial charge >= 0.3 is 0 Å². The van der Waals surface area contributed by atoms with E-state index in [4.69, 9.17) is 0 Å². The minimum absolute atomic E-state index is 0.183. The van der Waals surface area contributed by atoms with Crippen molar-refractivity contribution in [2.75, 3.05) is 38.1 Å². The molecule has 100 valence electrons. The summed E-state index contributed by atoms with van der Waals surface area (Å²) in [4.78, 5) is 4.33. The fraction of sp³-hybridized carbons (Fsp3) is 0.571. The van der Waals surface area contributed by atoms with Gasteiger partial charge in [0.15, 0.2) is 0 Å². The predicted octanol–water partition coefficient (Wildman–Crippen LogP) is 1.50. The first-order valence-corrected chi connectivity index (χ1v) is 6.46. The third-order valence-corrected chi connectivity index (χ3v) is 3.39. The molecule has 3 nitrogen and oxygen atoms in total. The van der Waals surface area contributed by atoms with Gasteiger partial charge in [-0.2, -0.15) is 0 Å². The van der Waals surface area contributed by atoms with Gasteiger partial charge < -0.3 is 14.9 Å². The highest BCUT2D eigenvalue weighted by Gasteiger charge is 2.17. The summed E-state index contributed by atoms with van der Waals surface area (Å²) in [5.41, 5.74) is 1.53. The third kappa shape index (κ3) is 3.21. The van der Waals surface area contributed by atoms with Crippen LogP contribution >= 0.6 is 0 Å². The number of rotatable bonds is 3. The van der Waals surface area contributed by atoms with Gasteiger partial charge in [-0.15, -0.1) is 0 Å². The van der Waals surface area contributed by atoms with Crippen molar-refractivity contribution in [3.8, 4) is 0 Å². The summed E-state index contributed by atoms with van der Waals surface area (Å²) in [6.07, 6.45) is 0.0684. The number of hydrogen-bond acceptors (Lipinski definition) is 3. The van der Waals surface area contributed by atoms with Crippen molar-refractivity contribution in [2.45, 2.75) is 19.4 Å². The van der Waals surface area contributed by atoms with Crippen LogP contribution in [0.25, 0.3) is 0 Å². The van der Waals surface area contributed by atoms with Gasteiger partial charge in [-0.05, 0) is 38.1 Å². The van der Waals surface area contributed by atoms with Gasteiger partial charge in [0.05, 0.1) is 11.8 Å². The van der Waals surface area contributed by atoms with Crippen LogP contribution in [0.1, 0.15) is 12.5 Å². The maximum Gasteiger partial charge on any atom is 0.146 e. The Morgan fingerprint density at radius 3 is 2.50 bits per heavy atom. The lowest BCUT2D eigenvalue weighted by molar-refractivity contribution is 0.195. The van der Waals surface area contributed by atoms with Crippen LogP contribution in [0.4, 0.5) is 10.1 Å². The Morgan fingerprint density at radius 1 is 1.28 bits per heavy atom. The SMILES string of the molecule is CC(O)Cc1ccc(N2CCN(C)CC2)c(F)c1. The van der Waals surface area contributed by atoms with Gasteiger partial charge in [0, 0.05) is 26.2 Å². The summed E-state index contributed by atoms with van der Waals surface area (Å²) in [5.74, 6) is -0.183. The molecule has 0 spiro atoms. The summed E-state index contributed by atoms with van der Waals surface area (Å²) in [6, 6.07) is 5.28. The first-order chi connectivity index (χ1) is 8.56. The molecule has 0 aliphatic carbocycles. The smallest absolute Gasteiger partial charge is 0.146 e. The van der Waals surface area contributed by atoms with Crippen molar-refractivity contribution in [3.05, 3.63) is 29.6 Å². The number of hydrogen-bond donors (Lipinski definition) is 1. The maximum atomic E-state index is 14.0. The van der Waals surface area contributed by atoms with E-state index in [0.717, 1.165) is 31.7 Å². The molecule has 0 bridgehead atoms. The van der Waals surface area contributed by atoms with E-state index in [2.05, 4.69) is 16.8 Å². The fourth-order valence-corrected chi connectivity index (χ4v) is 2.32. The van der Waals surface area contributed by atoms with Crippen molar-refractivity contribution in [2.24, 2.45) is 0 Å².